The first-order valence-electron chi connectivity index (χ1n) is 7.13. The van der Waals surface area contributed by atoms with E-state index in [-0.39, 0.29) is 42.4 Å². The van der Waals surface area contributed by atoms with E-state index in [2.05, 4.69) is 5.32 Å². The van der Waals surface area contributed by atoms with Gasteiger partial charge in [-0.2, -0.15) is 0 Å². The van der Waals surface area contributed by atoms with Gasteiger partial charge in [-0.1, -0.05) is 30.3 Å². The molecule has 2 atom stereocenters. The van der Waals surface area contributed by atoms with Crippen molar-refractivity contribution >= 4 is 15.7 Å². The van der Waals surface area contributed by atoms with E-state index < -0.39 is 9.84 Å². The van der Waals surface area contributed by atoms with Crippen LogP contribution in [-0.4, -0.2) is 43.6 Å². The highest BCUT2D eigenvalue weighted by Crippen LogP contribution is 2.21. The summed E-state index contributed by atoms with van der Waals surface area (Å²) in [6.07, 6.45) is 1.33. The zero-order valence-electron chi connectivity index (χ0n) is 11.9. The Balaban J connectivity index is 1.83. The summed E-state index contributed by atoms with van der Waals surface area (Å²) in [4.78, 5) is 12.0. The SMILES string of the molecule is O=C(CC1CCS(=O)(=O)C1)N[C@H](CO)Cc1ccccc1. The highest BCUT2D eigenvalue weighted by Gasteiger charge is 2.29. The van der Waals surface area contributed by atoms with Crippen LogP contribution in [0.15, 0.2) is 30.3 Å². The standard InChI is InChI=1S/C15H21NO4S/c17-10-14(8-12-4-2-1-3-5-12)16-15(18)9-13-6-7-21(19,20)11-13/h1-5,13-14,17H,6-11H2,(H,16,18)/t13?,14-/m0/s1. The molecule has 1 aromatic rings. The monoisotopic (exact) mass is 311 g/mol. The molecule has 1 aliphatic rings. The first kappa shape index (κ1) is 16.0. The van der Waals surface area contributed by atoms with Gasteiger partial charge in [-0.3, -0.25) is 4.79 Å². The van der Waals surface area contributed by atoms with Crippen LogP contribution in [0.3, 0.4) is 0 Å². The normalized spacial score (nSPS) is 21.9. The van der Waals surface area contributed by atoms with Gasteiger partial charge in [0.15, 0.2) is 9.84 Å². The zero-order valence-corrected chi connectivity index (χ0v) is 12.7. The van der Waals surface area contributed by atoms with Crippen molar-refractivity contribution in [3.05, 3.63) is 35.9 Å². The molecule has 2 rings (SSSR count). The lowest BCUT2D eigenvalue weighted by Gasteiger charge is -2.17. The fourth-order valence-electron chi connectivity index (χ4n) is 2.64. The average Bonchev–Trinajstić information content (AvgIpc) is 2.78. The molecule has 0 aliphatic carbocycles. The van der Waals surface area contributed by atoms with Crippen molar-refractivity contribution in [3.8, 4) is 0 Å². The molecule has 1 unspecified atom stereocenters. The lowest BCUT2D eigenvalue weighted by atomic mass is 10.0. The summed E-state index contributed by atoms with van der Waals surface area (Å²) in [6, 6.07) is 9.29. The summed E-state index contributed by atoms with van der Waals surface area (Å²) in [5, 5.41) is 12.2. The molecule has 0 saturated carbocycles. The smallest absolute Gasteiger partial charge is 0.220 e. The molecule has 1 heterocycles. The molecule has 116 valence electrons. The fraction of sp³-hybridized carbons (Fsp3) is 0.533. The van der Waals surface area contributed by atoms with Crippen molar-refractivity contribution in [2.75, 3.05) is 18.1 Å². The average molecular weight is 311 g/mol. The van der Waals surface area contributed by atoms with E-state index in [0.717, 1.165) is 5.56 Å². The van der Waals surface area contributed by atoms with E-state index in [1.165, 1.54) is 0 Å². The number of hydrogen-bond donors (Lipinski definition) is 2. The Labute approximate surface area is 125 Å². The minimum Gasteiger partial charge on any atom is -0.394 e. The molecule has 0 spiro atoms. The van der Waals surface area contributed by atoms with Crippen molar-refractivity contribution in [2.24, 2.45) is 5.92 Å². The number of amides is 1. The summed E-state index contributed by atoms with van der Waals surface area (Å²) in [5.41, 5.74) is 1.04. The molecule has 21 heavy (non-hydrogen) atoms. The lowest BCUT2D eigenvalue weighted by molar-refractivity contribution is -0.122. The van der Waals surface area contributed by atoms with Gasteiger partial charge in [0.05, 0.1) is 24.2 Å². The second-order valence-corrected chi connectivity index (χ2v) is 7.84. The second-order valence-electron chi connectivity index (χ2n) is 5.61. The minimum absolute atomic E-state index is 0.0916. The van der Waals surface area contributed by atoms with E-state index >= 15 is 0 Å². The molecule has 1 aromatic carbocycles. The molecule has 0 radical (unpaired) electrons. The summed E-state index contributed by atoms with van der Waals surface area (Å²) >= 11 is 0. The van der Waals surface area contributed by atoms with Crippen molar-refractivity contribution in [3.63, 3.8) is 0 Å². The number of nitrogens with one attached hydrogen (secondary N) is 1. The van der Waals surface area contributed by atoms with E-state index in [9.17, 15) is 18.3 Å². The third-order valence-corrected chi connectivity index (χ3v) is 5.55. The Morgan fingerprint density at radius 2 is 2.05 bits per heavy atom. The molecule has 0 aromatic heterocycles. The molecule has 2 N–H and O–H groups in total. The molecule has 0 bridgehead atoms. The third-order valence-electron chi connectivity index (χ3n) is 3.71. The van der Waals surface area contributed by atoms with Gasteiger partial charge in [0.2, 0.25) is 5.91 Å². The van der Waals surface area contributed by atoms with E-state index in [1.54, 1.807) is 0 Å². The van der Waals surface area contributed by atoms with Crippen LogP contribution >= 0.6 is 0 Å². The van der Waals surface area contributed by atoms with Gasteiger partial charge in [0.25, 0.3) is 0 Å². The number of carbonyl (C=O) groups is 1. The minimum atomic E-state index is -2.95. The van der Waals surface area contributed by atoms with Crippen LogP contribution in [0.25, 0.3) is 0 Å². The lowest BCUT2D eigenvalue weighted by Crippen LogP contribution is -2.39. The van der Waals surface area contributed by atoms with Gasteiger partial charge in [0, 0.05) is 6.42 Å². The number of rotatable bonds is 6. The Kier molecular flexibility index (Phi) is 5.36. The molecular weight excluding hydrogens is 290 g/mol. The fourth-order valence-corrected chi connectivity index (χ4v) is 4.50. The first-order valence-corrected chi connectivity index (χ1v) is 8.95. The number of hydrogen-bond acceptors (Lipinski definition) is 4. The number of carbonyl (C=O) groups excluding carboxylic acids is 1. The highest BCUT2D eigenvalue weighted by molar-refractivity contribution is 7.91. The molecule has 6 heteroatoms. The van der Waals surface area contributed by atoms with Crippen molar-refractivity contribution in [1.29, 1.82) is 0 Å². The van der Waals surface area contributed by atoms with E-state index in [0.29, 0.717) is 12.8 Å². The van der Waals surface area contributed by atoms with Crippen LogP contribution < -0.4 is 5.32 Å². The van der Waals surface area contributed by atoms with Crippen molar-refractivity contribution < 1.29 is 18.3 Å². The molecule has 1 fully saturated rings. The Bertz CT molecular complexity index is 571. The van der Waals surface area contributed by atoms with Crippen LogP contribution in [0.1, 0.15) is 18.4 Å². The molecule has 1 aliphatic heterocycles. The summed E-state index contributed by atoms with van der Waals surface area (Å²) in [6.45, 7) is -0.135. The van der Waals surface area contributed by atoms with Gasteiger partial charge in [0.1, 0.15) is 0 Å². The molecular formula is C15H21NO4S. The van der Waals surface area contributed by atoms with Crippen LogP contribution in [0.2, 0.25) is 0 Å². The van der Waals surface area contributed by atoms with Gasteiger partial charge in [-0.25, -0.2) is 8.42 Å². The van der Waals surface area contributed by atoms with Gasteiger partial charge < -0.3 is 10.4 Å². The maximum Gasteiger partial charge on any atom is 0.220 e. The predicted octanol–water partition coefficient (Wildman–Crippen LogP) is 0.531. The first-order chi connectivity index (χ1) is 9.98. The largest absolute Gasteiger partial charge is 0.394 e. The van der Waals surface area contributed by atoms with Crippen LogP contribution in [-0.2, 0) is 21.1 Å². The zero-order chi connectivity index (χ0) is 15.3. The predicted molar refractivity (Wildman–Crippen MR) is 80.5 cm³/mol. The Morgan fingerprint density at radius 3 is 2.62 bits per heavy atom. The molecule has 1 saturated heterocycles. The second kappa shape index (κ2) is 7.04. The summed E-state index contributed by atoms with van der Waals surface area (Å²) in [5.74, 6) is -0.000436. The quantitative estimate of drug-likeness (QED) is 0.803. The number of sulfone groups is 1. The summed E-state index contributed by atoms with van der Waals surface area (Å²) in [7, 11) is -2.95. The van der Waals surface area contributed by atoms with Gasteiger partial charge >= 0.3 is 0 Å². The topological polar surface area (TPSA) is 83.5 Å². The van der Waals surface area contributed by atoms with Crippen LogP contribution in [0, 0.1) is 5.92 Å². The van der Waals surface area contributed by atoms with Crippen LogP contribution in [0.5, 0.6) is 0 Å². The highest BCUT2D eigenvalue weighted by atomic mass is 32.2. The Morgan fingerprint density at radius 1 is 1.33 bits per heavy atom. The van der Waals surface area contributed by atoms with Crippen LogP contribution in [0.4, 0.5) is 0 Å². The third kappa shape index (κ3) is 5.13. The van der Waals surface area contributed by atoms with Gasteiger partial charge in [-0.15, -0.1) is 0 Å². The molecule has 1 amide bonds. The van der Waals surface area contributed by atoms with Gasteiger partial charge in [-0.05, 0) is 24.3 Å². The maximum absolute atomic E-state index is 12.0. The van der Waals surface area contributed by atoms with E-state index in [1.807, 2.05) is 30.3 Å². The number of benzene rings is 1. The summed E-state index contributed by atoms with van der Waals surface area (Å²) < 4.78 is 22.7. The maximum atomic E-state index is 12.0. The molecule has 5 nitrogen and oxygen atoms in total. The Hall–Kier alpha value is -1.40. The van der Waals surface area contributed by atoms with Crippen molar-refractivity contribution in [2.45, 2.75) is 25.3 Å². The number of aliphatic hydroxyl groups excluding tert-OH is 1. The number of aliphatic hydroxyl groups is 1. The van der Waals surface area contributed by atoms with E-state index in [4.69, 9.17) is 0 Å². The van der Waals surface area contributed by atoms with Crippen molar-refractivity contribution in [1.82, 2.24) is 5.32 Å².